The number of alkyl halides is 2. The fourth-order valence-electron chi connectivity index (χ4n) is 4.29. The third-order valence-electron chi connectivity index (χ3n) is 6.10. The van der Waals surface area contributed by atoms with Crippen molar-refractivity contribution in [2.45, 2.75) is 12.8 Å². The molecule has 4 aromatic rings. The summed E-state index contributed by atoms with van der Waals surface area (Å²) in [4.78, 5) is 7.24. The molecule has 3 aromatic carbocycles. The number of nitrogens with one attached hydrogen (secondary N) is 1. The molecule has 1 heterocycles. The Morgan fingerprint density at radius 1 is 0.892 bits per heavy atom. The van der Waals surface area contributed by atoms with Crippen molar-refractivity contribution < 1.29 is 9.47 Å². The summed E-state index contributed by atoms with van der Waals surface area (Å²) in [6, 6.07) is 19.8. The summed E-state index contributed by atoms with van der Waals surface area (Å²) in [7, 11) is 1.61. The minimum absolute atomic E-state index is 0. The number of aromatic nitrogens is 1. The SMILES string of the molecule is COc1ccc(Nc2c3ccccc3nc3c(OCCCCN(CCCl)CCCl)cccc23)cc1N.Cl. The Bertz CT molecular complexity index is 1300. The van der Waals surface area contributed by atoms with Crippen LogP contribution in [0.5, 0.6) is 11.5 Å². The highest BCUT2D eigenvalue weighted by Gasteiger charge is 2.14. The van der Waals surface area contributed by atoms with Crippen LogP contribution in [-0.4, -0.2) is 55.0 Å². The molecule has 0 radical (unpaired) electrons. The van der Waals surface area contributed by atoms with Gasteiger partial charge in [-0.05, 0) is 49.7 Å². The van der Waals surface area contributed by atoms with E-state index in [9.17, 15) is 0 Å². The van der Waals surface area contributed by atoms with Crippen LogP contribution in [0.15, 0.2) is 60.7 Å². The number of ether oxygens (including phenoxy) is 2. The Morgan fingerprint density at radius 3 is 2.38 bits per heavy atom. The van der Waals surface area contributed by atoms with Crippen molar-refractivity contribution in [3.05, 3.63) is 60.7 Å². The van der Waals surface area contributed by atoms with Crippen LogP contribution in [0.3, 0.4) is 0 Å². The van der Waals surface area contributed by atoms with Crippen molar-refractivity contribution in [1.82, 2.24) is 9.88 Å². The number of unbranched alkanes of at least 4 members (excludes halogenated alkanes) is 1. The van der Waals surface area contributed by atoms with E-state index in [0.717, 1.165) is 71.4 Å². The second kappa shape index (κ2) is 14.3. The summed E-state index contributed by atoms with van der Waals surface area (Å²) in [6.45, 7) is 3.28. The number of methoxy groups -OCH3 is 1. The highest BCUT2D eigenvalue weighted by Crippen LogP contribution is 2.37. The zero-order valence-electron chi connectivity index (χ0n) is 20.9. The van der Waals surface area contributed by atoms with Gasteiger partial charge in [-0.2, -0.15) is 0 Å². The van der Waals surface area contributed by atoms with Gasteiger partial charge in [0.15, 0.2) is 0 Å². The molecular weight excluding hydrogens is 531 g/mol. The molecule has 4 rings (SSSR count). The van der Waals surface area contributed by atoms with Crippen LogP contribution in [0.2, 0.25) is 0 Å². The predicted octanol–water partition coefficient (Wildman–Crippen LogP) is 7.08. The summed E-state index contributed by atoms with van der Waals surface area (Å²) in [6.07, 6.45) is 1.95. The van der Waals surface area contributed by atoms with E-state index in [0.29, 0.717) is 29.8 Å². The van der Waals surface area contributed by atoms with Gasteiger partial charge in [0.25, 0.3) is 0 Å². The molecule has 0 amide bonds. The quantitative estimate of drug-likeness (QED) is 0.0783. The van der Waals surface area contributed by atoms with E-state index in [1.807, 2.05) is 48.5 Å². The second-order valence-electron chi connectivity index (χ2n) is 8.51. The zero-order valence-corrected chi connectivity index (χ0v) is 23.2. The number of fused-ring (bicyclic) bond motifs is 2. The number of anilines is 3. The fraction of sp³-hybridized carbons (Fsp3) is 0.321. The number of hydrogen-bond donors (Lipinski definition) is 2. The van der Waals surface area contributed by atoms with E-state index in [2.05, 4.69) is 22.3 Å². The highest BCUT2D eigenvalue weighted by molar-refractivity contribution is 6.18. The maximum Gasteiger partial charge on any atom is 0.145 e. The first-order chi connectivity index (χ1) is 17.6. The largest absolute Gasteiger partial charge is 0.495 e. The lowest BCUT2D eigenvalue weighted by Crippen LogP contribution is -2.29. The molecule has 0 aliphatic heterocycles. The van der Waals surface area contributed by atoms with Crippen LogP contribution < -0.4 is 20.5 Å². The van der Waals surface area contributed by atoms with Crippen LogP contribution >= 0.6 is 35.6 Å². The molecule has 0 bridgehead atoms. The Hall–Kier alpha value is -2.64. The van der Waals surface area contributed by atoms with Gasteiger partial charge in [-0.15, -0.1) is 35.6 Å². The smallest absolute Gasteiger partial charge is 0.145 e. The summed E-state index contributed by atoms with van der Waals surface area (Å²) in [5.41, 5.74) is 10.3. The van der Waals surface area contributed by atoms with Crippen LogP contribution in [0.4, 0.5) is 17.1 Å². The van der Waals surface area contributed by atoms with Gasteiger partial charge in [0, 0.05) is 41.3 Å². The van der Waals surface area contributed by atoms with Crippen molar-refractivity contribution in [3.8, 4) is 11.5 Å². The normalized spacial score (nSPS) is 11.0. The third-order valence-corrected chi connectivity index (χ3v) is 6.44. The average Bonchev–Trinajstić information content (AvgIpc) is 2.89. The van der Waals surface area contributed by atoms with Crippen LogP contribution in [-0.2, 0) is 0 Å². The van der Waals surface area contributed by atoms with Gasteiger partial charge < -0.3 is 25.4 Å². The van der Waals surface area contributed by atoms with Crippen molar-refractivity contribution in [1.29, 1.82) is 0 Å². The van der Waals surface area contributed by atoms with Crippen LogP contribution in [0, 0.1) is 0 Å². The van der Waals surface area contributed by atoms with Gasteiger partial charge in [0.1, 0.15) is 17.0 Å². The number of rotatable bonds is 13. The van der Waals surface area contributed by atoms with Crippen molar-refractivity contribution in [2.24, 2.45) is 0 Å². The molecule has 0 atom stereocenters. The first-order valence-electron chi connectivity index (χ1n) is 12.1. The predicted molar refractivity (Wildman–Crippen MR) is 160 cm³/mol. The van der Waals surface area contributed by atoms with Gasteiger partial charge in [0.2, 0.25) is 0 Å². The van der Waals surface area contributed by atoms with Gasteiger partial charge in [-0.25, -0.2) is 4.98 Å². The maximum absolute atomic E-state index is 6.23. The lowest BCUT2D eigenvalue weighted by molar-refractivity contribution is 0.269. The van der Waals surface area contributed by atoms with Gasteiger partial charge in [0.05, 0.1) is 30.6 Å². The van der Waals surface area contributed by atoms with Crippen LogP contribution in [0.25, 0.3) is 21.8 Å². The molecule has 0 unspecified atom stereocenters. The molecule has 1 aromatic heterocycles. The Labute approximate surface area is 234 Å². The van der Waals surface area contributed by atoms with Crippen molar-refractivity contribution in [3.63, 3.8) is 0 Å². The number of nitrogen functional groups attached to an aromatic ring is 1. The van der Waals surface area contributed by atoms with E-state index in [4.69, 9.17) is 43.4 Å². The van der Waals surface area contributed by atoms with E-state index in [-0.39, 0.29) is 12.4 Å². The summed E-state index contributed by atoms with van der Waals surface area (Å²) in [5, 5.41) is 5.57. The first-order valence-corrected chi connectivity index (χ1v) is 13.2. The van der Waals surface area contributed by atoms with Gasteiger partial charge >= 0.3 is 0 Å². The second-order valence-corrected chi connectivity index (χ2v) is 9.27. The topological polar surface area (TPSA) is 72.6 Å². The molecule has 0 saturated heterocycles. The molecule has 0 saturated carbocycles. The number of halogens is 3. The van der Waals surface area contributed by atoms with E-state index < -0.39 is 0 Å². The number of nitrogens with zero attached hydrogens (tertiary/aromatic N) is 2. The van der Waals surface area contributed by atoms with Crippen LogP contribution in [0.1, 0.15) is 12.8 Å². The van der Waals surface area contributed by atoms with E-state index >= 15 is 0 Å². The summed E-state index contributed by atoms with van der Waals surface area (Å²) >= 11 is 11.8. The molecule has 198 valence electrons. The highest BCUT2D eigenvalue weighted by atomic mass is 35.5. The number of hydrogen-bond acceptors (Lipinski definition) is 6. The van der Waals surface area contributed by atoms with Gasteiger partial charge in [-0.1, -0.05) is 30.3 Å². The minimum atomic E-state index is 0. The Kier molecular flexibility index (Phi) is 11.2. The van der Waals surface area contributed by atoms with E-state index in [1.54, 1.807) is 7.11 Å². The molecule has 6 nitrogen and oxygen atoms in total. The molecule has 0 aliphatic rings. The molecular formula is C28H33Cl3N4O2. The molecule has 9 heteroatoms. The molecule has 3 N–H and O–H groups in total. The number of benzene rings is 3. The molecule has 0 spiro atoms. The lowest BCUT2D eigenvalue weighted by atomic mass is 10.1. The fourth-order valence-corrected chi connectivity index (χ4v) is 4.77. The number of nitrogens with two attached hydrogens (primary N) is 1. The van der Waals surface area contributed by atoms with E-state index in [1.165, 1.54) is 0 Å². The third kappa shape index (κ3) is 7.23. The minimum Gasteiger partial charge on any atom is -0.495 e. The van der Waals surface area contributed by atoms with Crippen molar-refractivity contribution in [2.75, 3.05) is 56.2 Å². The summed E-state index contributed by atoms with van der Waals surface area (Å²) < 4.78 is 11.5. The Morgan fingerprint density at radius 2 is 1.65 bits per heavy atom. The van der Waals surface area contributed by atoms with Gasteiger partial charge in [-0.3, -0.25) is 0 Å². The number of pyridine rings is 1. The molecule has 0 aliphatic carbocycles. The zero-order chi connectivity index (χ0) is 25.3. The monoisotopic (exact) mass is 562 g/mol. The average molecular weight is 564 g/mol. The Balaban J connectivity index is 0.00000380. The standard InChI is InChI=1S/C28H32Cl2N4O2.ClH/c1-35-25-12-11-20(19-23(25)31)32-27-21-7-2-3-9-24(21)33-28-22(27)8-6-10-26(28)36-18-5-4-15-34(16-13-29)17-14-30;/h2-3,6-12,19H,4-5,13-18,31H2,1H3,(H,32,33);1H. The summed E-state index contributed by atoms with van der Waals surface area (Å²) in [5.74, 6) is 2.65. The molecule has 0 fully saturated rings. The van der Waals surface area contributed by atoms with Crippen molar-refractivity contribution >= 4 is 74.5 Å². The molecule has 37 heavy (non-hydrogen) atoms. The maximum atomic E-state index is 6.23. The lowest BCUT2D eigenvalue weighted by Gasteiger charge is -2.19. The number of para-hydroxylation sites is 2. The first kappa shape index (κ1) is 28.9.